The Morgan fingerprint density at radius 3 is 2.64 bits per heavy atom. The van der Waals surface area contributed by atoms with Crippen LogP contribution < -0.4 is 10.1 Å². The molecule has 1 unspecified atom stereocenters. The first-order valence-corrected chi connectivity index (χ1v) is 13.3. The van der Waals surface area contributed by atoms with Gasteiger partial charge in [0, 0.05) is 5.56 Å². The summed E-state index contributed by atoms with van der Waals surface area (Å²) in [6.07, 6.45) is 0.395. The van der Waals surface area contributed by atoms with Crippen LogP contribution in [0.4, 0.5) is 10.1 Å². The summed E-state index contributed by atoms with van der Waals surface area (Å²) in [4.78, 5) is 18.3. The monoisotopic (exact) mass is 508 g/mol. The molecule has 1 atom stereocenters. The SMILES string of the molecule is COc1ccc(C)cc1NC(=O)c1cc(-c2ccccc2F)nc2c1c(C)nn2C1CCS(=O)(=O)C1. The Morgan fingerprint density at radius 2 is 1.94 bits per heavy atom. The minimum absolute atomic E-state index is 0.0587. The summed E-state index contributed by atoms with van der Waals surface area (Å²) in [7, 11) is -1.67. The van der Waals surface area contributed by atoms with Crippen molar-refractivity contribution >= 4 is 32.5 Å². The Hall–Kier alpha value is -3.79. The van der Waals surface area contributed by atoms with E-state index in [9.17, 15) is 17.6 Å². The number of sulfone groups is 1. The van der Waals surface area contributed by atoms with Crippen molar-refractivity contribution in [3.05, 3.63) is 71.2 Å². The number of nitrogens with zero attached hydrogens (tertiary/aromatic N) is 3. The molecule has 1 aliphatic heterocycles. The minimum atomic E-state index is -3.19. The van der Waals surface area contributed by atoms with Crippen LogP contribution in [0.3, 0.4) is 0 Å². The second kappa shape index (κ2) is 9.02. The van der Waals surface area contributed by atoms with Gasteiger partial charge in [-0.2, -0.15) is 5.10 Å². The lowest BCUT2D eigenvalue weighted by Gasteiger charge is -2.14. The molecule has 5 rings (SSSR count). The van der Waals surface area contributed by atoms with Gasteiger partial charge in [-0.1, -0.05) is 18.2 Å². The number of pyridine rings is 1. The second-order valence-electron chi connectivity index (χ2n) is 8.98. The van der Waals surface area contributed by atoms with E-state index in [0.717, 1.165) is 5.56 Å². The number of aromatic nitrogens is 3. The number of anilines is 1. The van der Waals surface area contributed by atoms with E-state index in [4.69, 9.17) is 4.74 Å². The molecule has 36 heavy (non-hydrogen) atoms. The molecule has 4 aromatic rings. The van der Waals surface area contributed by atoms with Gasteiger partial charge >= 0.3 is 0 Å². The number of methoxy groups -OCH3 is 1. The molecule has 1 N–H and O–H groups in total. The van der Waals surface area contributed by atoms with Gasteiger partial charge < -0.3 is 10.1 Å². The Bertz CT molecular complexity index is 1610. The molecule has 0 aliphatic carbocycles. The maximum Gasteiger partial charge on any atom is 0.256 e. The van der Waals surface area contributed by atoms with Gasteiger partial charge in [0.2, 0.25) is 0 Å². The molecule has 1 amide bonds. The highest BCUT2D eigenvalue weighted by Crippen LogP contribution is 2.34. The van der Waals surface area contributed by atoms with E-state index in [-0.39, 0.29) is 28.3 Å². The standard InChI is InChI=1S/C26H25FN4O4S/c1-15-8-9-23(35-3)22(12-15)29-26(32)19-13-21(18-6-4-5-7-20(18)27)28-25-24(19)16(2)30-31(25)17-10-11-36(33,34)14-17/h4-9,12-13,17H,10-11,14H2,1-3H3,(H,29,32). The lowest BCUT2D eigenvalue weighted by Crippen LogP contribution is -2.15. The minimum Gasteiger partial charge on any atom is -0.495 e. The fourth-order valence-corrected chi connectivity index (χ4v) is 6.32. The Labute approximate surface area is 208 Å². The van der Waals surface area contributed by atoms with Gasteiger partial charge in [-0.15, -0.1) is 0 Å². The van der Waals surface area contributed by atoms with Crippen molar-refractivity contribution < 1.29 is 22.3 Å². The summed E-state index contributed by atoms with van der Waals surface area (Å²) < 4.78 is 46.1. The third-order valence-electron chi connectivity index (χ3n) is 6.39. The number of carbonyl (C=O) groups excluding carboxylic acids is 1. The van der Waals surface area contributed by atoms with Crippen LogP contribution in [0, 0.1) is 19.7 Å². The summed E-state index contributed by atoms with van der Waals surface area (Å²) in [5, 5.41) is 7.98. The van der Waals surface area contributed by atoms with Gasteiger partial charge in [0.05, 0.1) is 52.7 Å². The summed E-state index contributed by atoms with van der Waals surface area (Å²) in [6.45, 7) is 3.65. The fourth-order valence-electron chi connectivity index (χ4n) is 4.63. The zero-order chi connectivity index (χ0) is 25.6. The number of rotatable bonds is 5. The second-order valence-corrected chi connectivity index (χ2v) is 11.2. The smallest absolute Gasteiger partial charge is 0.256 e. The van der Waals surface area contributed by atoms with Crippen LogP contribution in [0.15, 0.2) is 48.5 Å². The third-order valence-corrected chi connectivity index (χ3v) is 8.14. The molecule has 0 spiro atoms. The zero-order valence-electron chi connectivity index (χ0n) is 20.1. The third kappa shape index (κ3) is 4.32. The van der Waals surface area contributed by atoms with Gasteiger partial charge in [-0.3, -0.25) is 4.79 Å². The van der Waals surface area contributed by atoms with Crippen LogP contribution in [0.25, 0.3) is 22.3 Å². The first-order valence-electron chi connectivity index (χ1n) is 11.5. The van der Waals surface area contributed by atoms with Crippen molar-refractivity contribution in [2.24, 2.45) is 0 Å². The van der Waals surface area contributed by atoms with Crippen LogP contribution >= 0.6 is 0 Å². The highest BCUT2D eigenvalue weighted by atomic mass is 32.2. The van der Waals surface area contributed by atoms with Crippen molar-refractivity contribution in [1.82, 2.24) is 14.8 Å². The van der Waals surface area contributed by atoms with Crippen LogP contribution in [0.1, 0.15) is 34.1 Å². The molecule has 0 bridgehead atoms. The lowest BCUT2D eigenvalue weighted by atomic mass is 10.0. The number of hydrogen-bond acceptors (Lipinski definition) is 6. The summed E-state index contributed by atoms with van der Waals surface area (Å²) in [5.74, 6) is -0.424. The number of aryl methyl sites for hydroxylation is 2. The van der Waals surface area contributed by atoms with Gasteiger partial charge in [0.1, 0.15) is 11.6 Å². The number of nitrogens with one attached hydrogen (secondary N) is 1. The average Bonchev–Trinajstić information content (AvgIpc) is 3.37. The number of ether oxygens (including phenoxy) is 1. The molecule has 0 saturated carbocycles. The van der Waals surface area contributed by atoms with E-state index < -0.39 is 27.6 Å². The molecule has 1 aliphatic rings. The Balaban J connectivity index is 1.70. The molecular formula is C26H25FN4O4S. The molecule has 1 saturated heterocycles. The molecule has 10 heteroatoms. The number of fused-ring (bicyclic) bond motifs is 1. The first-order chi connectivity index (χ1) is 17.2. The van der Waals surface area contributed by atoms with E-state index in [1.54, 1.807) is 48.0 Å². The van der Waals surface area contributed by atoms with Crippen molar-refractivity contribution in [2.45, 2.75) is 26.3 Å². The van der Waals surface area contributed by atoms with E-state index in [1.165, 1.54) is 13.2 Å². The predicted octanol–water partition coefficient (Wildman–Crippen LogP) is 4.47. The number of amides is 1. The van der Waals surface area contributed by atoms with Crippen molar-refractivity contribution in [3.63, 3.8) is 0 Å². The maximum absolute atomic E-state index is 14.7. The van der Waals surface area contributed by atoms with Crippen molar-refractivity contribution in [1.29, 1.82) is 0 Å². The van der Waals surface area contributed by atoms with Gasteiger partial charge in [0.25, 0.3) is 5.91 Å². The summed E-state index contributed by atoms with van der Waals surface area (Å²) in [5.41, 5.74) is 3.04. The number of carbonyl (C=O) groups is 1. The van der Waals surface area contributed by atoms with Crippen molar-refractivity contribution in [3.8, 4) is 17.0 Å². The average molecular weight is 509 g/mol. The normalized spacial score (nSPS) is 16.8. The van der Waals surface area contributed by atoms with E-state index >= 15 is 0 Å². The highest BCUT2D eigenvalue weighted by molar-refractivity contribution is 7.91. The molecule has 2 aromatic carbocycles. The number of halogens is 1. The van der Waals surface area contributed by atoms with Gasteiger partial charge in [0.15, 0.2) is 15.5 Å². The fraction of sp³-hybridized carbons (Fsp3) is 0.269. The highest BCUT2D eigenvalue weighted by Gasteiger charge is 2.32. The quantitative estimate of drug-likeness (QED) is 0.427. The molecule has 0 radical (unpaired) electrons. The summed E-state index contributed by atoms with van der Waals surface area (Å²) in [6, 6.07) is 12.7. The van der Waals surface area contributed by atoms with Crippen LogP contribution in [0.5, 0.6) is 5.75 Å². The molecule has 8 nitrogen and oxygen atoms in total. The Kier molecular flexibility index (Phi) is 5.99. The van der Waals surface area contributed by atoms with Crippen LogP contribution in [0.2, 0.25) is 0 Å². The van der Waals surface area contributed by atoms with Crippen LogP contribution in [-0.2, 0) is 9.84 Å². The van der Waals surface area contributed by atoms with Gasteiger partial charge in [-0.25, -0.2) is 22.5 Å². The van der Waals surface area contributed by atoms with E-state index in [0.29, 0.717) is 34.6 Å². The van der Waals surface area contributed by atoms with E-state index in [2.05, 4.69) is 15.4 Å². The summed E-state index contributed by atoms with van der Waals surface area (Å²) >= 11 is 0. The first kappa shape index (κ1) is 23.9. The zero-order valence-corrected chi connectivity index (χ0v) is 20.9. The topological polar surface area (TPSA) is 103 Å². The van der Waals surface area contributed by atoms with Crippen molar-refractivity contribution in [2.75, 3.05) is 23.9 Å². The molecule has 3 heterocycles. The lowest BCUT2D eigenvalue weighted by molar-refractivity contribution is 0.102. The number of benzene rings is 2. The largest absolute Gasteiger partial charge is 0.495 e. The molecule has 186 valence electrons. The van der Waals surface area contributed by atoms with Crippen LogP contribution in [-0.4, -0.2) is 47.7 Å². The number of hydrogen-bond donors (Lipinski definition) is 1. The predicted molar refractivity (Wildman–Crippen MR) is 136 cm³/mol. The molecular weight excluding hydrogens is 483 g/mol. The molecule has 1 fully saturated rings. The molecule has 2 aromatic heterocycles. The van der Waals surface area contributed by atoms with Gasteiger partial charge in [-0.05, 0) is 56.2 Å². The Morgan fingerprint density at radius 1 is 1.17 bits per heavy atom. The van der Waals surface area contributed by atoms with E-state index in [1.807, 2.05) is 13.0 Å². The maximum atomic E-state index is 14.7.